The molecule has 0 aliphatic carbocycles. The van der Waals surface area contributed by atoms with Gasteiger partial charge < -0.3 is 4.42 Å². The summed E-state index contributed by atoms with van der Waals surface area (Å²) in [5.74, 6) is 0.512. The first-order chi connectivity index (χ1) is 12.2. The Morgan fingerprint density at radius 3 is 2.88 bits per heavy atom. The number of rotatable bonds is 4. The highest BCUT2D eigenvalue weighted by Crippen LogP contribution is 2.26. The zero-order chi connectivity index (χ0) is 17.2. The molecular weight excluding hydrogens is 360 g/mol. The molecule has 4 aromatic rings. The summed E-state index contributed by atoms with van der Waals surface area (Å²) >= 11 is 7.37. The molecule has 0 aliphatic heterocycles. The quantitative estimate of drug-likeness (QED) is 0.542. The molecule has 0 spiro atoms. The maximum atomic E-state index is 12.0. The number of furan rings is 1. The fraction of sp³-hybridized carbons (Fsp3) is 0. The first kappa shape index (κ1) is 15.6. The van der Waals surface area contributed by atoms with E-state index in [9.17, 15) is 4.79 Å². The molecule has 0 aliphatic rings. The number of halogens is 1. The number of amides is 1. The SMILES string of the molecule is O=C(/C=C/c1ccco1)Nc1nc2scc(-c3ccc(Cl)cc3)n2n1. The lowest BCUT2D eigenvalue weighted by atomic mass is 10.2. The summed E-state index contributed by atoms with van der Waals surface area (Å²) in [6.45, 7) is 0. The van der Waals surface area contributed by atoms with Gasteiger partial charge in [0.25, 0.3) is 11.9 Å². The summed E-state index contributed by atoms with van der Waals surface area (Å²) in [5, 5.41) is 9.62. The minimum absolute atomic E-state index is 0.246. The molecule has 1 amide bonds. The van der Waals surface area contributed by atoms with Gasteiger partial charge in [-0.1, -0.05) is 23.7 Å². The van der Waals surface area contributed by atoms with Crippen LogP contribution in [0.4, 0.5) is 5.95 Å². The highest BCUT2D eigenvalue weighted by Gasteiger charge is 2.12. The Balaban J connectivity index is 1.55. The number of thiazole rings is 1. The van der Waals surface area contributed by atoms with Gasteiger partial charge >= 0.3 is 0 Å². The highest BCUT2D eigenvalue weighted by molar-refractivity contribution is 7.15. The number of benzene rings is 1. The molecular formula is C17H11ClN4O2S. The van der Waals surface area contributed by atoms with E-state index in [0.29, 0.717) is 15.7 Å². The molecule has 0 radical (unpaired) electrons. The van der Waals surface area contributed by atoms with Crippen molar-refractivity contribution in [3.8, 4) is 11.3 Å². The van der Waals surface area contributed by atoms with Gasteiger partial charge in [0, 0.05) is 22.0 Å². The van der Waals surface area contributed by atoms with Crippen LogP contribution < -0.4 is 5.32 Å². The van der Waals surface area contributed by atoms with Crippen LogP contribution in [0, 0.1) is 0 Å². The van der Waals surface area contributed by atoms with E-state index >= 15 is 0 Å². The number of hydrogen-bond acceptors (Lipinski definition) is 5. The summed E-state index contributed by atoms with van der Waals surface area (Å²) in [4.78, 5) is 17.0. The summed E-state index contributed by atoms with van der Waals surface area (Å²) in [5.41, 5.74) is 1.85. The Morgan fingerprint density at radius 1 is 1.28 bits per heavy atom. The fourth-order valence-electron chi connectivity index (χ4n) is 2.25. The number of hydrogen-bond donors (Lipinski definition) is 1. The normalized spacial score (nSPS) is 11.4. The van der Waals surface area contributed by atoms with E-state index in [0.717, 1.165) is 11.3 Å². The second kappa shape index (κ2) is 6.54. The van der Waals surface area contributed by atoms with Crippen molar-refractivity contribution in [2.75, 3.05) is 5.32 Å². The van der Waals surface area contributed by atoms with Crippen LogP contribution in [0.25, 0.3) is 22.3 Å². The number of aromatic nitrogens is 3. The van der Waals surface area contributed by atoms with E-state index in [-0.39, 0.29) is 11.9 Å². The molecule has 0 fully saturated rings. The number of fused-ring (bicyclic) bond motifs is 1. The zero-order valence-corrected chi connectivity index (χ0v) is 14.3. The van der Waals surface area contributed by atoms with Crippen LogP contribution in [0.15, 0.2) is 58.5 Å². The van der Waals surface area contributed by atoms with Gasteiger partial charge in [-0.25, -0.2) is 4.52 Å². The van der Waals surface area contributed by atoms with Gasteiger partial charge in [-0.2, -0.15) is 4.98 Å². The lowest BCUT2D eigenvalue weighted by Crippen LogP contribution is -2.09. The third-order valence-corrected chi connectivity index (χ3v) is 4.47. The van der Waals surface area contributed by atoms with Crippen LogP contribution in [0.5, 0.6) is 0 Å². The Hall–Kier alpha value is -2.90. The predicted molar refractivity (Wildman–Crippen MR) is 97.7 cm³/mol. The predicted octanol–water partition coefficient (Wildman–Crippen LogP) is 4.36. The highest BCUT2D eigenvalue weighted by atomic mass is 35.5. The van der Waals surface area contributed by atoms with Crippen LogP contribution in [0.3, 0.4) is 0 Å². The monoisotopic (exact) mass is 370 g/mol. The molecule has 25 heavy (non-hydrogen) atoms. The molecule has 0 unspecified atom stereocenters. The van der Waals surface area contributed by atoms with Gasteiger partial charge in [-0.05, 0) is 30.3 Å². The van der Waals surface area contributed by atoms with E-state index < -0.39 is 0 Å². The second-order valence-electron chi connectivity index (χ2n) is 5.10. The van der Waals surface area contributed by atoms with Crippen molar-refractivity contribution in [2.24, 2.45) is 0 Å². The van der Waals surface area contributed by atoms with E-state index in [1.807, 2.05) is 29.6 Å². The third kappa shape index (κ3) is 3.33. The molecule has 124 valence electrons. The van der Waals surface area contributed by atoms with Crippen LogP contribution in [-0.4, -0.2) is 20.5 Å². The Kier molecular flexibility index (Phi) is 4.09. The molecule has 6 nitrogen and oxygen atoms in total. The van der Waals surface area contributed by atoms with Crippen molar-refractivity contribution in [3.63, 3.8) is 0 Å². The van der Waals surface area contributed by atoms with Gasteiger partial charge in [-0.3, -0.25) is 10.1 Å². The van der Waals surface area contributed by atoms with E-state index in [1.54, 1.807) is 29.0 Å². The number of carbonyl (C=O) groups is 1. The maximum absolute atomic E-state index is 12.0. The molecule has 0 saturated heterocycles. The third-order valence-electron chi connectivity index (χ3n) is 3.40. The summed E-state index contributed by atoms with van der Waals surface area (Å²) in [6, 6.07) is 11.0. The van der Waals surface area contributed by atoms with Gasteiger partial charge in [0.1, 0.15) is 5.76 Å². The van der Waals surface area contributed by atoms with Crippen LogP contribution in [0.1, 0.15) is 5.76 Å². The van der Waals surface area contributed by atoms with Crippen molar-refractivity contribution in [2.45, 2.75) is 0 Å². The Labute approximate surface area is 151 Å². The molecule has 0 atom stereocenters. The van der Waals surface area contributed by atoms with Crippen molar-refractivity contribution in [1.82, 2.24) is 14.6 Å². The molecule has 8 heteroatoms. The fourth-order valence-corrected chi connectivity index (χ4v) is 3.21. The van der Waals surface area contributed by atoms with Crippen LogP contribution >= 0.6 is 22.9 Å². The minimum Gasteiger partial charge on any atom is -0.465 e. The smallest absolute Gasteiger partial charge is 0.250 e. The number of carbonyl (C=O) groups excluding carboxylic acids is 1. The molecule has 3 heterocycles. The first-order valence-electron chi connectivity index (χ1n) is 7.32. The van der Waals surface area contributed by atoms with E-state index in [2.05, 4.69) is 15.4 Å². The summed E-state index contributed by atoms with van der Waals surface area (Å²) in [6.07, 6.45) is 4.49. The van der Waals surface area contributed by atoms with Crippen molar-refractivity contribution in [3.05, 3.63) is 64.9 Å². The summed E-state index contributed by atoms with van der Waals surface area (Å²) in [7, 11) is 0. The average molecular weight is 371 g/mol. The summed E-state index contributed by atoms with van der Waals surface area (Å²) < 4.78 is 6.83. The van der Waals surface area contributed by atoms with E-state index in [4.69, 9.17) is 16.0 Å². The lowest BCUT2D eigenvalue weighted by molar-refractivity contribution is -0.111. The van der Waals surface area contributed by atoms with Crippen LogP contribution in [-0.2, 0) is 4.79 Å². The molecule has 0 bridgehead atoms. The molecule has 4 rings (SSSR count). The van der Waals surface area contributed by atoms with Gasteiger partial charge in [0.2, 0.25) is 4.96 Å². The largest absolute Gasteiger partial charge is 0.465 e. The average Bonchev–Trinajstić information content (AvgIpc) is 3.31. The van der Waals surface area contributed by atoms with E-state index in [1.165, 1.54) is 17.4 Å². The number of nitrogens with zero attached hydrogens (tertiary/aromatic N) is 3. The topological polar surface area (TPSA) is 72.4 Å². The molecule has 0 saturated carbocycles. The Morgan fingerprint density at radius 2 is 2.12 bits per heavy atom. The number of nitrogens with one attached hydrogen (secondary N) is 1. The van der Waals surface area contributed by atoms with Crippen molar-refractivity contribution >= 4 is 45.8 Å². The lowest BCUT2D eigenvalue weighted by Gasteiger charge is -1.99. The van der Waals surface area contributed by atoms with Crippen LogP contribution in [0.2, 0.25) is 5.02 Å². The molecule has 1 N–H and O–H groups in total. The van der Waals surface area contributed by atoms with Gasteiger partial charge in [-0.15, -0.1) is 16.4 Å². The van der Waals surface area contributed by atoms with Crippen molar-refractivity contribution < 1.29 is 9.21 Å². The maximum Gasteiger partial charge on any atom is 0.250 e. The second-order valence-corrected chi connectivity index (χ2v) is 6.37. The zero-order valence-electron chi connectivity index (χ0n) is 12.7. The molecule has 3 aromatic heterocycles. The Bertz CT molecular complexity index is 1050. The van der Waals surface area contributed by atoms with Crippen molar-refractivity contribution in [1.29, 1.82) is 0 Å². The standard InChI is InChI=1S/C17H11ClN4O2S/c18-12-5-3-11(4-6-12)14-10-25-17-20-16(21-22(14)17)19-15(23)8-7-13-2-1-9-24-13/h1-10H,(H,19,21,23)/b8-7+. The number of anilines is 1. The van der Waals surface area contributed by atoms with Gasteiger partial charge in [0.15, 0.2) is 0 Å². The van der Waals surface area contributed by atoms with Gasteiger partial charge in [0.05, 0.1) is 12.0 Å². The minimum atomic E-state index is -0.331. The first-order valence-corrected chi connectivity index (χ1v) is 8.57. The molecule has 1 aromatic carbocycles.